The second kappa shape index (κ2) is 5.59. The minimum Gasteiger partial charge on any atom is -0.0680 e. The fourth-order valence-electron chi connectivity index (χ4n) is 3.54. The molecule has 0 bridgehead atoms. The molecule has 0 aliphatic carbocycles. The third-order valence-electron chi connectivity index (χ3n) is 4.90. The molecule has 0 atom stereocenters. The summed E-state index contributed by atoms with van der Waals surface area (Å²) in [5, 5.41) is 5.40. The summed E-state index contributed by atoms with van der Waals surface area (Å²) in [4.78, 5) is 0. The smallest absolute Gasteiger partial charge is 0.0680 e. The molecule has 4 aromatic rings. The first-order valence-corrected chi connectivity index (χ1v) is 8.18. The van der Waals surface area contributed by atoms with Crippen LogP contribution in [-0.4, -0.2) is 7.28 Å². The maximum absolute atomic E-state index is 2.25. The van der Waals surface area contributed by atoms with Crippen LogP contribution in [0.15, 0.2) is 72.8 Å². The van der Waals surface area contributed by atoms with Gasteiger partial charge in [0.2, 0.25) is 0 Å². The first kappa shape index (κ1) is 14.1. The van der Waals surface area contributed by atoms with Crippen LogP contribution in [0.25, 0.3) is 21.5 Å². The Balaban J connectivity index is 1.95. The van der Waals surface area contributed by atoms with Gasteiger partial charge < -0.3 is 0 Å². The van der Waals surface area contributed by atoms with E-state index in [4.69, 9.17) is 0 Å². The molecule has 0 saturated carbocycles. The van der Waals surface area contributed by atoms with E-state index in [-0.39, 0.29) is 0 Å². The zero-order valence-corrected chi connectivity index (χ0v) is 13.6. The predicted octanol–water partition coefficient (Wildman–Crippen LogP) is 4.00. The van der Waals surface area contributed by atoms with Gasteiger partial charge in [0.05, 0.1) is 0 Å². The summed E-state index contributed by atoms with van der Waals surface area (Å²) in [6.45, 7) is 4.45. The van der Waals surface area contributed by atoms with E-state index >= 15 is 0 Å². The maximum atomic E-state index is 2.25. The zero-order chi connectivity index (χ0) is 15.8. The highest BCUT2D eigenvalue weighted by molar-refractivity contribution is 6.73. The standard InChI is InChI=1S/C22H19B/c1-15-11-13-17-7-3-5-9-19(17)21(15)23-22-16(2)12-14-18-8-4-6-10-20(18)22/h3-14,23H,1-2H3. The lowest BCUT2D eigenvalue weighted by molar-refractivity contribution is 1.53. The summed E-state index contributed by atoms with van der Waals surface area (Å²) in [6.07, 6.45) is 0. The molecule has 1 heteroatoms. The summed E-state index contributed by atoms with van der Waals surface area (Å²) in [5.41, 5.74) is 5.64. The van der Waals surface area contributed by atoms with Gasteiger partial charge in [0.15, 0.2) is 7.28 Å². The van der Waals surface area contributed by atoms with E-state index < -0.39 is 0 Å². The molecule has 0 heterocycles. The van der Waals surface area contributed by atoms with Crippen LogP contribution >= 0.6 is 0 Å². The van der Waals surface area contributed by atoms with Crippen LogP contribution in [0.5, 0.6) is 0 Å². The number of fused-ring (bicyclic) bond motifs is 2. The van der Waals surface area contributed by atoms with Gasteiger partial charge >= 0.3 is 0 Å². The number of benzene rings is 4. The highest BCUT2D eigenvalue weighted by atomic mass is 14.1. The average Bonchev–Trinajstić information content (AvgIpc) is 2.59. The van der Waals surface area contributed by atoms with Crippen molar-refractivity contribution in [3.05, 3.63) is 83.9 Å². The average molecular weight is 294 g/mol. The van der Waals surface area contributed by atoms with E-state index in [2.05, 4.69) is 86.6 Å². The fraction of sp³-hybridized carbons (Fsp3) is 0.0909. The lowest BCUT2D eigenvalue weighted by Crippen LogP contribution is -2.32. The molecule has 0 aliphatic rings. The van der Waals surface area contributed by atoms with Gasteiger partial charge in [-0.2, -0.15) is 0 Å². The lowest BCUT2D eigenvalue weighted by Gasteiger charge is -2.14. The topological polar surface area (TPSA) is 0 Å². The molecule has 0 saturated heterocycles. The second-order valence-corrected chi connectivity index (χ2v) is 6.34. The fourth-order valence-corrected chi connectivity index (χ4v) is 3.54. The van der Waals surface area contributed by atoms with Gasteiger partial charge in [-0.25, -0.2) is 0 Å². The number of hydrogen-bond acceptors (Lipinski definition) is 0. The van der Waals surface area contributed by atoms with Gasteiger partial charge in [0, 0.05) is 0 Å². The molecule has 4 aromatic carbocycles. The van der Waals surface area contributed by atoms with Gasteiger partial charge in [-0.3, -0.25) is 0 Å². The first-order chi connectivity index (χ1) is 11.2. The summed E-state index contributed by atoms with van der Waals surface area (Å²) < 4.78 is 0. The molecule has 0 unspecified atom stereocenters. The third-order valence-corrected chi connectivity index (χ3v) is 4.90. The summed E-state index contributed by atoms with van der Waals surface area (Å²) in [5.74, 6) is 0. The Kier molecular flexibility index (Phi) is 3.42. The zero-order valence-electron chi connectivity index (χ0n) is 13.6. The monoisotopic (exact) mass is 294 g/mol. The van der Waals surface area contributed by atoms with E-state index in [1.807, 2.05) is 0 Å². The van der Waals surface area contributed by atoms with Gasteiger partial charge in [-0.15, -0.1) is 0 Å². The Bertz CT molecular complexity index is 931. The Morgan fingerprint density at radius 3 is 1.43 bits per heavy atom. The molecule has 0 fully saturated rings. The van der Waals surface area contributed by atoms with Crippen molar-refractivity contribution < 1.29 is 0 Å². The number of rotatable bonds is 2. The molecule has 0 aromatic heterocycles. The Hall–Kier alpha value is -2.54. The van der Waals surface area contributed by atoms with Gasteiger partial charge in [0.1, 0.15) is 0 Å². The Morgan fingerprint density at radius 2 is 0.957 bits per heavy atom. The van der Waals surface area contributed by atoms with Crippen LogP contribution in [0, 0.1) is 13.8 Å². The van der Waals surface area contributed by atoms with Gasteiger partial charge in [-0.05, 0) is 35.4 Å². The largest absolute Gasteiger partial charge is 0.194 e. The van der Waals surface area contributed by atoms with Gasteiger partial charge in [0.25, 0.3) is 0 Å². The predicted molar refractivity (Wildman–Crippen MR) is 104 cm³/mol. The highest BCUT2D eigenvalue weighted by Crippen LogP contribution is 2.16. The lowest BCUT2D eigenvalue weighted by atomic mass is 9.58. The van der Waals surface area contributed by atoms with E-state index in [1.54, 1.807) is 0 Å². The van der Waals surface area contributed by atoms with Crippen molar-refractivity contribution >= 4 is 39.8 Å². The minimum atomic E-state index is 0.986. The molecule has 4 rings (SSSR count). The quantitative estimate of drug-likeness (QED) is 0.490. The first-order valence-electron chi connectivity index (χ1n) is 8.18. The second-order valence-electron chi connectivity index (χ2n) is 6.34. The molecule has 23 heavy (non-hydrogen) atoms. The molecule has 0 nitrogen and oxygen atoms in total. The van der Waals surface area contributed by atoms with Crippen molar-refractivity contribution in [2.75, 3.05) is 0 Å². The number of aryl methyl sites for hydroxylation is 2. The van der Waals surface area contributed by atoms with Crippen LogP contribution in [0.4, 0.5) is 0 Å². The summed E-state index contributed by atoms with van der Waals surface area (Å²) in [6, 6.07) is 26.4. The van der Waals surface area contributed by atoms with Crippen molar-refractivity contribution in [3.63, 3.8) is 0 Å². The van der Waals surface area contributed by atoms with E-state index in [9.17, 15) is 0 Å². The SMILES string of the molecule is Cc1ccc2ccccc2c1Bc1c(C)ccc2ccccc12. The van der Waals surface area contributed by atoms with Crippen molar-refractivity contribution in [3.8, 4) is 0 Å². The molecular weight excluding hydrogens is 275 g/mol. The van der Waals surface area contributed by atoms with E-state index in [0.717, 1.165) is 7.28 Å². The third kappa shape index (κ3) is 2.43. The van der Waals surface area contributed by atoms with Crippen molar-refractivity contribution in [1.82, 2.24) is 0 Å². The van der Waals surface area contributed by atoms with Gasteiger partial charge in [-0.1, -0.05) is 94.8 Å². The molecule has 0 radical (unpaired) electrons. The van der Waals surface area contributed by atoms with E-state index in [0.29, 0.717) is 0 Å². The maximum Gasteiger partial charge on any atom is 0.194 e. The summed E-state index contributed by atoms with van der Waals surface area (Å²) in [7, 11) is 0.986. The van der Waals surface area contributed by atoms with Crippen LogP contribution in [0.2, 0.25) is 0 Å². The van der Waals surface area contributed by atoms with Crippen molar-refractivity contribution in [2.45, 2.75) is 13.8 Å². The molecule has 0 amide bonds. The summed E-state index contributed by atoms with van der Waals surface area (Å²) >= 11 is 0. The van der Waals surface area contributed by atoms with Crippen LogP contribution < -0.4 is 10.9 Å². The molecule has 110 valence electrons. The molecule has 0 N–H and O–H groups in total. The molecule has 0 aliphatic heterocycles. The Labute approximate surface area is 138 Å². The van der Waals surface area contributed by atoms with Crippen LogP contribution in [-0.2, 0) is 0 Å². The van der Waals surface area contributed by atoms with Crippen molar-refractivity contribution in [2.24, 2.45) is 0 Å². The van der Waals surface area contributed by atoms with Crippen LogP contribution in [0.1, 0.15) is 11.1 Å². The normalized spacial score (nSPS) is 11.0. The van der Waals surface area contributed by atoms with Crippen LogP contribution in [0.3, 0.4) is 0 Å². The minimum absolute atomic E-state index is 0.986. The Morgan fingerprint density at radius 1 is 0.522 bits per heavy atom. The highest BCUT2D eigenvalue weighted by Gasteiger charge is 2.11. The molecule has 0 spiro atoms. The van der Waals surface area contributed by atoms with E-state index in [1.165, 1.54) is 43.6 Å². The van der Waals surface area contributed by atoms with Crippen molar-refractivity contribution in [1.29, 1.82) is 0 Å². The number of hydrogen-bond donors (Lipinski definition) is 0. The molecular formula is C22H19B.